The highest BCUT2D eigenvalue weighted by Crippen LogP contribution is 2.36. The van der Waals surface area contributed by atoms with Crippen LogP contribution < -0.4 is 14.8 Å². The lowest BCUT2D eigenvalue weighted by Gasteiger charge is -2.12. The number of anilines is 1. The number of hydrogen-bond acceptors (Lipinski definition) is 3. The summed E-state index contributed by atoms with van der Waals surface area (Å²) in [7, 11) is 3.05. The summed E-state index contributed by atoms with van der Waals surface area (Å²) >= 11 is 8.30. The van der Waals surface area contributed by atoms with Gasteiger partial charge in [-0.15, -0.1) is 0 Å². The van der Waals surface area contributed by atoms with Gasteiger partial charge in [0.05, 0.1) is 24.9 Å². The molecule has 1 amide bonds. The first-order valence-electron chi connectivity index (χ1n) is 6.03. The molecule has 2 aromatic carbocycles. The van der Waals surface area contributed by atoms with Gasteiger partial charge in [-0.3, -0.25) is 4.79 Å². The predicted octanol–water partition coefficient (Wildman–Crippen LogP) is 4.21. The van der Waals surface area contributed by atoms with Crippen LogP contribution >= 0.6 is 34.2 Å². The number of hydrogen-bond donors (Lipinski definition) is 1. The van der Waals surface area contributed by atoms with Gasteiger partial charge in [0.2, 0.25) is 0 Å². The molecular weight excluding hydrogens is 405 g/mol. The molecule has 0 radical (unpaired) electrons. The lowest BCUT2D eigenvalue weighted by molar-refractivity contribution is 0.102. The van der Waals surface area contributed by atoms with Crippen molar-refractivity contribution < 1.29 is 14.3 Å². The van der Waals surface area contributed by atoms with Gasteiger partial charge in [-0.05, 0) is 40.8 Å². The first-order chi connectivity index (χ1) is 10.0. The van der Waals surface area contributed by atoms with Gasteiger partial charge >= 0.3 is 0 Å². The number of ether oxygens (including phenoxy) is 2. The fourth-order valence-electron chi connectivity index (χ4n) is 1.77. The van der Waals surface area contributed by atoms with Crippen LogP contribution in [-0.2, 0) is 0 Å². The van der Waals surface area contributed by atoms with Crippen LogP contribution in [-0.4, -0.2) is 20.1 Å². The van der Waals surface area contributed by atoms with Crippen molar-refractivity contribution in [2.75, 3.05) is 19.5 Å². The van der Waals surface area contributed by atoms with E-state index in [0.29, 0.717) is 27.8 Å². The Hall–Kier alpha value is -1.47. The summed E-state index contributed by atoms with van der Waals surface area (Å²) in [5, 5.41) is 3.15. The Morgan fingerprint density at radius 3 is 2.43 bits per heavy atom. The Morgan fingerprint density at radius 2 is 1.81 bits per heavy atom. The molecule has 21 heavy (non-hydrogen) atoms. The molecule has 0 heterocycles. The van der Waals surface area contributed by atoms with Crippen molar-refractivity contribution in [2.45, 2.75) is 0 Å². The average molecular weight is 418 g/mol. The highest BCUT2D eigenvalue weighted by atomic mass is 127. The monoisotopic (exact) mass is 417 g/mol. The van der Waals surface area contributed by atoms with E-state index < -0.39 is 0 Å². The van der Waals surface area contributed by atoms with Gasteiger partial charge in [0, 0.05) is 21.3 Å². The summed E-state index contributed by atoms with van der Waals surface area (Å²) in [6.45, 7) is 0. The third kappa shape index (κ3) is 3.79. The van der Waals surface area contributed by atoms with Crippen LogP contribution in [0.5, 0.6) is 11.5 Å². The van der Waals surface area contributed by atoms with Gasteiger partial charge in [-0.1, -0.05) is 17.7 Å². The summed E-state index contributed by atoms with van der Waals surface area (Å²) in [4.78, 5) is 12.2. The zero-order valence-corrected chi connectivity index (χ0v) is 14.4. The van der Waals surface area contributed by atoms with Crippen molar-refractivity contribution >= 4 is 45.8 Å². The minimum Gasteiger partial charge on any atom is -0.493 e. The second-order valence-electron chi connectivity index (χ2n) is 4.15. The molecule has 4 nitrogen and oxygen atoms in total. The standard InChI is InChI=1S/C15H13ClINO3/c1-20-13-7-11(16)12(8-14(13)21-2)18-15(19)9-4-3-5-10(17)6-9/h3-8H,1-2H3,(H,18,19). The predicted molar refractivity (Wildman–Crippen MR) is 91.7 cm³/mol. The first-order valence-corrected chi connectivity index (χ1v) is 7.49. The molecule has 0 aliphatic rings. The Kier molecular flexibility index (Phi) is 5.30. The van der Waals surface area contributed by atoms with Crippen LogP contribution in [0.25, 0.3) is 0 Å². The van der Waals surface area contributed by atoms with E-state index in [1.807, 2.05) is 12.1 Å². The van der Waals surface area contributed by atoms with Crippen molar-refractivity contribution in [3.8, 4) is 11.5 Å². The fourth-order valence-corrected chi connectivity index (χ4v) is 2.52. The molecule has 1 N–H and O–H groups in total. The SMILES string of the molecule is COc1cc(Cl)c(NC(=O)c2cccc(I)c2)cc1OC. The quantitative estimate of drug-likeness (QED) is 0.758. The second-order valence-corrected chi connectivity index (χ2v) is 5.80. The van der Waals surface area contributed by atoms with Crippen molar-refractivity contribution in [1.29, 1.82) is 0 Å². The van der Waals surface area contributed by atoms with Crippen molar-refractivity contribution in [1.82, 2.24) is 0 Å². The van der Waals surface area contributed by atoms with Crippen LogP contribution in [0.3, 0.4) is 0 Å². The number of amides is 1. The van der Waals surface area contributed by atoms with Gasteiger partial charge < -0.3 is 14.8 Å². The molecule has 0 unspecified atom stereocenters. The zero-order valence-electron chi connectivity index (χ0n) is 11.4. The number of halogens is 2. The topological polar surface area (TPSA) is 47.6 Å². The average Bonchev–Trinajstić information content (AvgIpc) is 2.48. The smallest absolute Gasteiger partial charge is 0.255 e. The Labute approximate surface area is 141 Å². The third-order valence-electron chi connectivity index (χ3n) is 2.81. The largest absolute Gasteiger partial charge is 0.493 e. The lowest BCUT2D eigenvalue weighted by Crippen LogP contribution is -2.12. The van der Waals surface area contributed by atoms with E-state index in [-0.39, 0.29) is 5.91 Å². The van der Waals surface area contributed by atoms with Crippen LogP contribution in [0.2, 0.25) is 5.02 Å². The maximum absolute atomic E-state index is 12.2. The normalized spacial score (nSPS) is 10.1. The van der Waals surface area contributed by atoms with Gasteiger partial charge in [0.25, 0.3) is 5.91 Å². The molecule has 0 aromatic heterocycles. The van der Waals surface area contributed by atoms with Crippen LogP contribution in [0.4, 0.5) is 5.69 Å². The van der Waals surface area contributed by atoms with Crippen LogP contribution in [0.1, 0.15) is 10.4 Å². The highest BCUT2D eigenvalue weighted by Gasteiger charge is 2.13. The summed E-state index contributed by atoms with van der Waals surface area (Å²) in [5.41, 5.74) is 1.03. The molecule has 0 aliphatic carbocycles. The van der Waals surface area contributed by atoms with Gasteiger partial charge in [0.1, 0.15) is 0 Å². The summed E-state index contributed by atoms with van der Waals surface area (Å²) in [6.07, 6.45) is 0. The van der Waals surface area contributed by atoms with E-state index in [4.69, 9.17) is 21.1 Å². The van der Waals surface area contributed by atoms with E-state index in [0.717, 1.165) is 3.57 Å². The molecule has 0 fully saturated rings. The van der Waals surface area contributed by atoms with Gasteiger partial charge in [-0.2, -0.15) is 0 Å². The number of carbonyl (C=O) groups is 1. The number of methoxy groups -OCH3 is 2. The molecule has 110 valence electrons. The molecule has 2 rings (SSSR count). The van der Waals surface area contributed by atoms with Gasteiger partial charge in [-0.25, -0.2) is 0 Å². The van der Waals surface area contributed by atoms with Gasteiger partial charge in [0.15, 0.2) is 11.5 Å². The number of carbonyl (C=O) groups excluding carboxylic acids is 1. The summed E-state index contributed by atoms with van der Waals surface area (Å²) in [5.74, 6) is 0.775. The fraction of sp³-hybridized carbons (Fsp3) is 0.133. The van der Waals surface area contributed by atoms with E-state index in [1.54, 1.807) is 24.3 Å². The first kappa shape index (κ1) is 15.9. The Balaban J connectivity index is 2.29. The Morgan fingerprint density at radius 1 is 1.14 bits per heavy atom. The van der Waals surface area contributed by atoms with Crippen LogP contribution in [0, 0.1) is 3.57 Å². The van der Waals surface area contributed by atoms with E-state index in [2.05, 4.69) is 27.9 Å². The zero-order chi connectivity index (χ0) is 15.4. The van der Waals surface area contributed by atoms with E-state index in [1.165, 1.54) is 14.2 Å². The summed E-state index contributed by atoms with van der Waals surface area (Å²) in [6, 6.07) is 10.5. The minimum absolute atomic E-state index is 0.234. The maximum atomic E-state index is 12.2. The molecule has 6 heteroatoms. The molecule has 0 spiro atoms. The highest BCUT2D eigenvalue weighted by molar-refractivity contribution is 14.1. The number of rotatable bonds is 4. The Bertz CT molecular complexity index is 676. The molecular formula is C15H13ClINO3. The van der Waals surface area contributed by atoms with Crippen molar-refractivity contribution in [3.05, 3.63) is 50.6 Å². The van der Waals surface area contributed by atoms with E-state index >= 15 is 0 Å². The molecule has 0 saturated carbocycles. The lowest BCUT2D eigenvalue weighted by atomic mass is 10.2. The van der Waals surface area contributed by atoms with Crippen molar-refractivity contribution in [3.63, 3.8) is 0 Å². The number of nitrogens with one attached hydrogen (secondary N) is 1. The van der Waals surface area contributed by atoms with Crippen molar-refractivity contribution in [2.24, 2.45) is 0 Å². The second kappa shape index (κ2) is 7.00. The number of benzene rings is 2. The molecule has 0 bridgehead atoms. The van der Waals surface area contributed by atoms with E-state index in [9.17, 15) is 4.79 Å². The minimum atomic E-state index is -0.234. The molecule has 0 aliphatic heterocycles. The molecule has 0 saturated heterocycles. The van der Waals surface area contributed by atoms with Crippen LogP contribution in [0.15, 0.2) is 36.4 Å². The third-order valence-corrected chi connectivity index (χ3v) is 3.79. The molecule has 2 aromatic rings. The summed E-state index contributed by atoms with van der Waals surface area (Å²) < 4.78 is 11.3. The maximum Gasteiger partial charge on any atom is 0.255 e. The molecule has 0 atom stereocenters.